The summed E-state index contributed by atoms with van der Waals surface area (Å²) in [6.07, 6.45) is 38.0. The van der Waals surface area contributed by atoms with Crippen molar-refractivity contribution in [2.45, 2.75) is 246 Å². The lowest BCUT2D eigenvalue weighted by Crippen LogP contribution is -2.43. The first kappa shape index (κ1) is 55.8. The standard InChI is InChI=1S/C50H100N2O5/c1-8-12-16-20-24-28-32-36-46(37-33-29-25-21-17-13-9-2)49(54)56-42-40-52(48(53)45(5)44-51(6)7)41-43-57-50(55)47(38-34-30-26-22-18-14-10-3)39-35-31-27-23-19-15-11-4/h45-47,49,54H,8-44H2,1-7H3. The van der Waals surface area contributed by atoms with E-state index in [1.807, 2.05) is 25.9 Å². The van der Waals surface area contributed by atoms with Crippen molar-refractivity contribution >= 4 is 11.9 Å². The highest BCUT2D eigenvalue weighted by Gasteiger charge is 2.25. The number of unbranched alkanes of at least 4 members (excludes halogenated alkanes) is 24. The lowest BCUT2D eigenvalue weighted by molar-refractivity contribution is -0.154. The van der Waals surface area contributed by atoms with Crippen LogP contribution >= 0.6 is 0 Å². The highest BCUT2D eigenvalue weighted by atomic mass is 16.6. The number of hydrogen-bond donors (Lipinski definition) is 1. The van der Waals surface area contributed by atoms with Crippen molar-refractivity contribution in [2.75, 3.05) is 46.9 Å². The van der Waals surface area contributed by atoms with Crippen molar-refractivity contribution in [1.29, 1.82) is 0 Å². The summed E-state index contributed by atoms with van der Waals surface area (Å²) >= 11 is 0. The number of nitrogens with zero attached hydrogens (tertiary/aromatic N) is 2. The summed E-state index contributed by atoms with van der Waals surface area (Å²) in [5, 5.41) is 11.3. The van der Waals surface area contributed by atoms with Gasteiger partial charge in [0.05, 0.1) is 19.1 Å². The van der Waals surface area contributed by atoms with Crippen LogP contribution in [0.3, 0.4) is 0 Å². The predicted octanol–water partition coefficient (Wildman–Crippen LogP) is 13.7. The van der Waals surface area contributed by atoms with E-state index in [0.29, 0.717) is 19.6 Å². The molecule has 340 valence electrons. The fraction of sp³-hybridized carbons (Fsp3) is 0.960. The lowest BCUT2D eigenvalue weighted by Gasteiger charge is -2.29. The largest absolute Gasteiger partial charge is 0.464 e. The second-order valence-corrected chi connectivity index (χ2v) is 18.0. The number of aliphatic hydroxyl groups excluding tert-OH is 1. The average Bonchev–Trinajstić information content (AvgIpc) is 3.19. The van der Waals surface area contributed by atoms with Crippen molar-refractivity contribution in [3.05, 3.63) is 0 Å². The van der Waals surface area contributed by atoms with Crippen LogP contribution in [0.15, 0.2) is 0 Å². The Morgan fingerprint density at radius 2 is 0.860 bits per heavy atom. The van der Waals surface area contributed by atoms with Crippen molar-refractivity contribution in [3.63, 3.8) is 0 Å². The van der Waals surface area contributed by atoms with Crippen LogP contribution in [-0.2, 0) is 19.1 Å². The van der Waals surface area contributed by atoms with Crippen molar-refractivity contribution in [3.8, 4) is 0 Å². The van der Waals surface area contributed by atoms with E-state index in [1.165, 1.54) is 154 Å². The minimum atomic E-state index is -0.821. The highest BCUT2D eigenvalue weighted by Crippen LogP contribution is 2.24. The van der Waals surface area contributed by atoms with E-state index in [9.17, 15) is 14.7 Å². The summed E-state index contributed by atoms with van der Waals surface area (Å²) in [4.78, 5) is 31.1. The monoisotopic (exact) mass is 809 g/mol. The van der Waals surface area contributed by atoms with Crippen LogP contribution in [0.1, 0.15) is 240 Å². The van der Waals surface area contributed by atoms with Gasteiger partial charge in [-0.15, -0.1) is 0 Å². The first-order valence-corrected chi connectivity index (χ1v) is 25.1. The molecule has 0 aromatic rings. The topological polar surface area (TPSA) is 79.3 Å². The van der Waals surface area contributed by atoms with Gasteiger partial charge in [-0.3, -0.25) is 9.59 Å². The maximum absolute atomic E-state index is 13.7. The number of ether oxygens (including phenoxy) is 2. The smallest absolute Gasteiger partial charge is 0.308 e. The third-order valence-electron chi connectivity index (χ3n) is 12.0. The predicted molar refractivity (Wildman–Crippen MR) is 245 cm³/mol. The van der Waals surface area contributed by atoms with Crippen molar-refractivity contribution in [2.24, 2.45) is 17.8 Å². The highest BCUT2D eigenvalue weighted by molar-refractivity contribution is 5.78. The van der Waals surface area contributed by atoms with Gasteiger partial charge >= 0.3 is 5.97 Å². The molecule has 0 radical (unpaired) electrons. The molecule has 0 fully saturated rings. The summed E-state index contributed by atoms with van der Waals surface area (Å²) in [5.41, 5.74) is 0. The molecule has 0 aromatic carbocycles. The summed E-state index contributed by atoms with van der Waals surface area (Å²) < 4.78 is 12.1. The van der Waals surface area contributed by atoms with Crippen LogP contribution in [0.2, 0.25) is 0 Å². The molecular weight excluding hydrogens is 709 g/mol. The van der Waals surface area contributed by atoms with E-state index in [-0.39, 0.29) is 42.8 Å². The maximum atomic E-state index is 13.7. The Hall–Kier alpha value is -1.18. The van der Waals surface area contributed by atoms with Gasteiger partial charge in [0.25, 0.3) is 0 Å². The first-order valence-electron chi connectivity index (χ1n) is 25.1. The number of hydrogen-bond acceptors (Lipinski definition) is 6. The number of esters is 1. The molecular formula is C50H100N2O5. The molecule has 0 aliphatic heterocycles. The van der Waals surface area contributed by atoms with E-state index < -0.39 is 6.29 Å². The number of amides is 1. The van der Waals surface area contributed by atoms with Gasteiger partial charge < -0.3 is 24.4 Å². The Balaban J connectivity index is 5.33. The molecule has 0 aliphatic rings. The van der Waals surface area contributed by atoms with Gasteiger partial charge in [0, 0.05) is 24.9 Å². The Morgan fingerprint density at radius 3 is 1.25 bits per heavy atom. The molecule has 0 aliphatic carbocycles. The van der Waals surface area contributed by atoms with Crippen LogP contribution < -0.4 is 0 Å². The van der Waals surface area contributed by atoms with Crippen LogP contribution in [-0.4, -0.2) is 80.0 Å². The summed E-state index contributed by atoms with van der Waals surface area (Å²) in [7, 11) is 3.98. The van der Waals surface area contributed by atoms with Crippen LogP contribution in [0, 0.1) is 17.8 Å². The zero-order valence-electron chi connectivity index (χ0n) is 39.4. The van der Waals surface area contributed by atoms with E-state index in [2.05, 4.69) is 27.7 Å². The molecule has 1 amide bonds. The Bertz CT molecular complexity index is 834. The molecule has 2 unspecified atom stereocenters. The van der Waals surface area contributed by atoms with Crippen LogP contribution in [0.4, 0.5) is 0 Å². The minimum Gasteiger partial charge on any atom is -0.464 e. The fourth-order valence-electron chi connectivity index (χ4n) is 8.30. The average molecular weight is 809 g/mol. The quantitative estimate of drug-likeness (QED) is 0.0375. The zero-order valence-corrected chi connectivity index (χ0v) is 39.4. The summed E-state index contributed by atoms with van der Waals surface area (Å²) in [6, 6.07) is 0. The molecule has 0 spiro atoms. The molecule has 0 rings (SSSR count). The molecule has 0 saturated heterocycles. The third kappa shape index (κ3) is 34.3. The second-order valence-electron chi connectivity index (χ2n) is 18.0. The third-order valence-corrected chi connectivity index (χ3v) is 12.0. The van der Waals surface area contributed by atoms with Crippen molar-refractivity contribution in [1.82, 2.24) is 9.80 Å². The molecule has 0 bridgehead atoms. The second kappa shape index (κ2) is 41.5. The lowest BCUT2D eigenvalue weighted by atomic mass is 9.93. The Labute approximate surface area is 355 Å². The molecule has 7 heteroatoms. The Morgan fingerprint density at radius 1 is 0.509 bits per heavy atom. The van der Waals surface area contributed by atoms with Gasteiger partial charge in [0.2, 0.25) is 5.91 Å². The SMILES string of the molecule is CCCCCCCCCC(CCCCCCCCC)C(=O)OCCN(CCOC(O)C(CCCCCCCCC)CCCCCCCCC)C(=O)C(C)CN(C)C. The molecule has 0 saturated carbocycles. The Kier molecular flexibility index (Phi) is 40.7. The van der Waals surface area contributed by atoms with E-state index in [1.54, 1.807) is 4.90 Å². The van der Waals surface area contributed by atoms with Gasteiger partial charge in [-0.05, 0) is 39.8 Å². The van der Waals surface area contributed by atoms with E-state index in [0.717, 1.165) is 51.4 Å². The van der Waals surface area contributed by atoms with Crippen LogP contribution in [0.25, 0.3) is 0 Å². The summed E-state index contributed by atoms with van der Waals surface area (Å²) in [6.45, 7) is 12.9. The van der Waals surface area contributed by atoms with E-state index in [4.69, 9.17) is 9.47 Å². The summed E-state index contributed by atoms with van der Waals surface area (Å²) in [5.74, 6) is -0.172. The maximum Gasteiger partial charge on any atom is 0.308 e. The molecule has 57 heavy (non-hydrogen) atoms. The number of rotatable bonds is 44. The van der Waals surface area contributed by atoms with Gasteiger partial charge in [-0.2, -0.15) is 0 Å². The zero-order chi connectivity index (χ0) is 42.2. The number of aliphatic hydroxyl groups is 1. The van der Waals surface area contributed by atoms with Crippen molar-refractivity contribution < 1.29 is 24.2 Å². The van der Waals surface area contributed by atoms with Gasteiger partial charge in [0.1, 0.15) is 6.61 Å². The molecule has 0 heterocycles. The molecule has 2 atom stereocenters. The van der Waals surface area contributed by atoms with Gasteiger partial charge in [-0.1, -0.05) is 214 Å². The molecule has 7 nitrogen and oxygen atoms in total. The first-order chi connectivity index (χ1) is 27.7. The molecule has 1 N–H and O–H groups in total. The van der Waals surface area contributed by atoms with Crippen LogP contribution in [0.5, 0.6) is 0 Å². The minimum absolute atomic E-state index is 0.0447. The van der Waals surface area contributed by atoms with Gasteiger partial charge in [-0.25, -0.2) is 0 Å². The number of carbonyl (C=O) groups is 2. The fourth-order valence-corrected chi connectivity index (χ4v) is 8.30. The number of carbonyl (C=O) groups excluding carboxylic acids is 2. The normalized spacial score (nSPS) is 12.9. The van der Waals surface area contributed by atoms with Gasteiger partial charge in [0.15, 0.2) is 6.29 Å². The molecule has 0 aromatic heterocycles. The van der Waals surface area contributed by atoms with E-state index >= 15 is 0 Å².